The standard InChI is InChI=1S/C14H24N4O2S/c1-3-14(4-2,9-19)8-15-12(20)7-21-13-17-16-10-18(13)11-5-6-11/h10-11,19H,3-9H2,1-2H3,(H,15,20). The Kier molecular flexibility index (Phi) is 5.64. The van der Waals surface area contributed by atoms with Crippen molar-refractivity contribution in [1.29, 1.82) is 0 Å². The van der Waals surface area contributed by atoms with Crippen LogP contribution in [-0.4, -0.2) is 44.7 Å². The molecule has 2 rings (SSSR count). The molecule has 0 spiro atoms. The van der Waals surface area contributed by atoms with Gasteiger partial charge >= 0.3 is 0 Å². The number of amides is 1. The molecule has 118 valence electrons. The van der Waals surface area contributed by atoms with E-state index in [9.17, 15) is 9.90 Å². The van der Waals surface area contributed by atoms with E-state index in [0.29, 0.717) is 18.3 Å². The van der Waals surface area contributed by atoms with Crippen LogP contribution in [-0.2, 0) is 4.79 Å². The van der Waals surface area contributed by atoms with Crippen LogP contribution < -0.4 is 5.32 Å². The maximum absolute atomic E-state index is 12.0. The highest BCUT2D eigenvalue weighted by atomic mass is 32.2. The second kappa shape index (κ2) is 7.26. The average Bonchev–Trinajstić information content (AvgIpc) is 3.25. The Bertz CT molecular complexity index is 461. The predicted molar refractivity (Wildman–Crippen MR) is 82.1 cm³/mol. The van der Waals surface area contributed by atoms with E-state index in [2.05, 4.69) is 15.5 Å². The van der Waals surface area contributed by atoms with Gasteiger partial charge in [-0.1, -0.05) is 25.6 Å². The maximum atomic E-state index is 12.0. The number of carbonyl (C=O) groups excluding carboxylic acids is 1. The normalized spacial score (nSPS) is 15.2. The Labute approximate surface area is 129 Å². The molecule has 1 aromatic heterocycles. The molecule has 1 fully saturated rings. The molecule has 6 nitrogen and oxygen atoms in total. The first-order valence-corrected chi connectivity index (χ1v) is 8.52. The number of aliphatic hydroxyl groups is 1. The third kappa shape index (κ3) is 4.20. The largest absolute Gasteiger partial charge is 0.396 e. The fourth-order valence-corrected chi connectivity index (χ4v) is 3.00. The van der Waals surface area contributed by atoms with Gasteiger partial charge in [0.05, 0.1) is 12.4 Å². The number of aromatic nitrogens is 3. The van der Waals surface area contributed by atoms with Crippen LogP contribution in [0.1, 0.15) is 45.6 Å². The van der Waals surface area contributed by atoms with Gasteiger partial charge in [0, 0.05) is 18.0 Å². The van der Waals surface area contributed by atoms with E-state index in [-0.39, 0.29) is 17.9 Å². The summed E-state index contributed by atoms with van der Waals surface area (Å²) in [7, 11) is 0. The van der Waals surface area contributed by atoms with Crippen LogP contribution in [0.25, 0.3) is 0 Å². The summed E-state index contributed by atoms with van der Waals surface area (Å²) in [5, 5.41) is 21.2. The molecule has 1 aliphatic carbocycles. The molecule has 2 N–H and O–H groups in total. The lowest BCUT2D eigenvalue weighted by atomic mass is 9.83. The summed E-state index contributed by atoms with van der Waals surface area (Å²) in [6.45, 7) is 4.70. The van der Waals surface area contributed by atoms with Crippen LogP contribution in [0.2, 0.25) is 0 Å². The van der Waals surface area contributed by atoms with Crippen molar-refractivity contribution in [2.45, 2.75) is 50.7 Å². The molecule has 0 saturated heterocycles. The minimum absolute atomic E-state index is 0.0231. The number of aliphatic hydroxyl groups excluding tert-OH is 1. The topological polar surface area (TPSA) is 80.0 Å². The minimum Gasteiger partial charge on any atom is -0.396 e. The fourth-order valence-electron chi connectivity index (χ4n) is 2.19. The van der Waals surface area contributed by atoms with E-state index in [1.165, 1.54) is 24.6 Å². The molecule has 1 aromatic rings. The molecule has 0 unspecified atom stereocenters. The van der Waals surface area contributed by atoms with Gasteiger partial charge in [0.2, 0.25) is 5.91 Å². The number of hydrogen-bond acceptors (Lipinski definition) is 5. The molecular formula is C14H24N4O2S. The van der Waals surface area contributed by atoms with Gasteiger partial charge in [0.25, 0.3) is 0 Å². The molecule has 1 heterocycles. The van der Waals surface area contributed by atoms with Gasteiger partial charge in [0.1, 0.15) is 6.33 Å². The molecule has 0 bridgehead atoms. The molecule has 0 radical (unpaired) electrons. The summed E-state index contributed by atoms with van der Waals surface area (Å²) < 4.78 is 2.05. The smallest absolute Gasteiger partial charge is 0.230 e. The van der Waals surface area contributed by atoms with Crippen LogP contribution in [0.4, 0.5) is 0 Å². The van der Waals surface area contributed by atoms with Gasteiger partial charge in [-0.15, -0.1) is 10.2 Å². The molecule has 21 heavy (non-hydrogen) atoms. The summed E-state index contributed by atoms with van der Waals surface area (Å²) in [6.07, 6.45) is 5.78. The predicted octanol–water partition coefficient (Wildman–Crippen LogP) is 1.62. The molecular weight excluding hydrogens is 288 g/mol. The minimum atomic E-state index is -0.200. The summed E-state index contributed by atoms with van der Waals surface area (Å²) >= 11 is 1.42. The van der Waals surface area contributed by atoms with Crippen molar-refractivity contribution >= 4 is 17.7 Å². The Morgan fingerprint density at radius 1 is 1.52 bits per heavy atom. The monoisotopic (exact) mass is 312 g/mol. The first-order chi connectivity index (χ1) is 10.1. The van der Waals surface area contributed by atoms with Crippen LogP contribution in [0.5, 0.6) is 0 Å². The third-order valence-electron chi connectivity index (χ3n) is 4.31. The van der Waals surface area contributed by atoms with E-state index in [0.717, 1.165) is 18.0 Å². The molecule has 1 amide bonds. The van der Waals surface area contributed by atoms with Crippen molar-refractivity contribution in [3.63, 3.8) is 0 Å². The van der Waals surface area contributed by atoms with Crippen molar-refractivity contribution in [3.8, 4) is 0 Å². The average molecular weight is 312 g/mol. The molecule has 1 aliphatic rings. The zero-order valence-electron chi connectivity index (χ0n) is 12.7. The van der Waals surface area contributed by atoms with Crippen molar-refractivity contribution in [2.24, 2.45) is 5.41 Å². The summed E-state index contributed by atoms with van der Waals surface area (Å²) in [5.74, 6) is 0.311. The van der Waals surface area contributed by atoms with Gasteiger partial charge < -0.3 is 15.0 Å². The highest BCUT2D eigenvalue weighted by molar-refractivity contribution is 7.99. The van der Waals surface area contributed by atoms with Crippen LogP contribution in [0, 0.1) is 5.41 Å². The van der Waals surface area contributed by atoms with E-state index >= 15 is 0 Å². The molecule has 0 atom stereocenters. The lowest BCUT2D eigenvalue weighted by Crippen LogP contribution is -2.40. The highest BCUT2D eigenvalue weighted by Gasteiger charge is 2.27. The van der Waals surface area contributed by atoms with Crippen molar-refractivity contribution in [2.75, 3.05) is 18.9 Å². The van der Waals surface area contributed by atoms with E-state index < -0.39 is 0 Å². The van der Waals surface area contributed by atoms with Gasteiger partial charge in [0.15, 0.2) is 5.16 Å². The van der Waals surface area contributed by atoms with Gasteiger partial charge in [-0.25, -0.2) is 0 Å². The Balaban J connectivity index is 1.78. The fraction of sp³-hybridized carbons (Fsp3) is 0.786. The zero-order valence-corrected chi connectivity index (χ0v) is 13.5. The van der Waals surface area contributed by atoms with E-state index in [1.54, 1.807) is 6.33 Å². The number of carbonyl (C=O) groups is 1. The van der Waals surface area contributed by atoms with Crippen molar-refractivity contribution < 1.29 is 9.90 Å². The summed E-state index contributed by atoms with van der Waals surface area (Å²) in [6, 6.07) is 0.521. The quantitative estimate of drug-likeness (QED) is 0.677. The first-order valence-electron chi connectivity index (χ1n) is 7.54. The molecule has 0 aliphatic heterocycles. The van der Waals surface area contributed by atoms with E-state index in [4.69, 9.17) is 0 Å². The lowest BCUT2D eigenvalue weighted by Gasteiger charge is -2.29. The molecule has 0 aromatic carbocycles. The van der Waals surface area contributed by atoms with Crippen molar-refractivity contribution in [3.05, 3.63) is 6.33 Å². The molecule has 1 saturated carbocycles. The Morgan fingerprint density at radius 3 is 2.81 bits per heavy atom. The number of thioether (sulfide) groups is 1. The second-order valence-electron chi connectivity index (χ2n) is 5.68. The number of nitrogens with zero attached hydrogens (tertiary/aromatic N) is 3. The summed E-state index contributed by atoms with van der Waals surface area (Å²) in [5.41, 5.74) is -0.200. The van der Waals surface area contributed by atoms with Crippen LogP contribution in [0.3, 0.4) is 0 Å². The SMILES string of the molecule is CCC(CC)(CO)CNC(=O)CSc1nncn1C1CC1. The van der Waals surface area contributed by atoms with Gasteiger partial charge in [-0.05, 0) is 25.7 Å². The number of rotatable bonds is 9. The van der Waals surface area contributed by atoms with Crippen LogP contribution in [0.15, 0.2) is 11.5 Å². The zero-order chi connectivity index (χ0) is 15.3. The first kappa shape index (κ1) is 16.3. The van der Waals surface area contributed by atoms with Gasteiger partial charge in [-0.3, -0.25) is 4.79 Å². The summed E-state index contributed by atoms with van der Waals surface area (Å²) in [4.78, 5) is 12.0. The third-order valence-corrected chi connectivity index (χ3v) is 5.27. The molecule has 7 heteroatoms. The van der Waals surface area contributed by atoms with Crippen molar-refractivity contribution in [1.82, 2.24) is 20.1 Å². The lowest BCUT2D eigenvalue weighted by molar-refractivity contribution is -0.119. The second-order valence-corrected chi connectivity index (χ2v) is 6.63. The van der Waals surface area contributed by atoms with Gasteiger partial charge in [-0.2, -0.15) is 0 Å². The maximum Gasteiger partial charge on any atom is 0.230 e. The Morgan fingerprint density at radius 2 is 2.24 bits per heavy atom. The number of hydrogen-bond donors (Lipinski definition) is 2. The Hall–Kier alpha value is -1.08. The number of nitrogens with one attached hydrogen (secondary N) is 1. The highest BCUT2D eigenvalue weighted by Crippen LogP contribution is 2.37. The van der Waals surface area contributed by atoms with E-state index in [1.807, 2.05) is 18.4 Å². The van der Waals surface area contributed by atoms with Crippen LogP contribution >= 0.6 is 11.8 Å².